The number of carbonyl (C=O) groups excluding carboxylic acids is 1. The Morgan fingerprint density at radius 1 is 1.30 bits per heavy atom. The molecule has 1 aliphatic heterocycles. The average Bonchev–Trinajstić information content (AvgIpc) is 2.98. The van der Waals surface area contributed by atoms with E-state index in [9.17, 15) is 9.18 Å². The van der Waals surface area contributed by atoms with Crippen LogP contribution in [0.25, 0.3) is 11.1 Å². The summed E-state index contributed by atoms with van der Waals surface area (Å²) in [6.07, 6.45) is 3.29. The highest BCUT2D eigenvalue weighted by atomic mass is 35.5. The molecule has 1 aromatic carbocycles. The van der Waals surface area contributed by atoms with Gasteiger partial charge in [0.2, 0.25) is 0 Å². The van der Waals surface area contributed by atoms with Gasteiger partial charge in [0.15, 0.2) is 5.67 Å². The molecule has 120 valence electrons. The highest BCUT2D eigenvalue weighted by molar-refractivity contribution is 6.30. The maximum absolute atomic E-state index is 14.1. The molecule has 2 heterocycles. The minimum atomic E-state index is -1.70. The second-order valence-electron chi connectivity index (χ2n) is 5.75. The first-order valence-corrected chi connectivity index (χ1v) is 7.69. The maximum Gasteiger partial charge on any atom is 0.255 e. The number of aromatic nitrogens is 1. The van der Waals surface area contributed by atoms with Gasteiger partial charge in [-0.05, 0) is 23.8 Å². The first-order valence-electron chi connectivity index (χ1n) is 7.31. The summed E-state index contributed by atoms with van der Waals surface area (Å²) in [6.45, 7) is -0.367. The number of pyridine rings is 1. The van der Waals surface area contributed by atoms with Gasteiger partial charge in [-0.25, -0.2) is 4.39 Å². The summed E-state index contributed by atoms with van der Waals surface area (Å²) < 4.78 is 14.1. The van der Waals surface area contributed by atoms with E-state index in [0.717, 1.165) is 11.1 Å². The van der Waals surface area contributed by atoms with Crippen molar-refractivity contribution in [3.63, 3.8) is 0 Å². The molecule has 1 N–H and O–H groups in total. The van der Waals surface area contributed by atoms with Crippen LogP contribution in [0, 0.1) is 0 Å². The minimum Gasteiger partial charge on any atom is -0.393 e. The normalized spacial score (nSPS) is 20.7. The highest BCUT2D eigenvalue weighted by Gasteiger charge is 2.40. The molecule has 0 aliphatic carbocycles. The molecule has 1 fully saturated rings. The molecule has 0 saturated carbocycles. The third-order valence-corrected chi connectivity index (χ3v) is 4.29. The minimum absolute atomic E-state index is 0.0898. The lowest BCUT2D eigenvalue weighted by molar-refractivity contribution is 0.0631. The molecule has 3 rings (SSSR count). The van der Waals surface area contributed by atoms with Crippen LogP contribution in [0.15, 0.2) is 42.7 Å². The van der Waals surface area contributed by atoms with Crippen molar-refractivity contribution >= 4 is 17.5 Å². The summed E-state index contributed by atoms with van der Waals surface area (Å²) in [7, 11) is 0. The summed E-state index contributed by atoms with van der Waals surface area (Å²) >= 11 is 5.88. The Labute approximate surface area is 138 Å². The quantitative estimate of drug-likeness (QED) is 0.939. The van der Waals surface area contributed by atoms with Gasteiger partial charge in [0.1, 0.15) is 0 Å². The van der Waals surface area contributed by atoms with Gasteiger partial charge < -0.3 is 10.0 Å². The summed E-state index contributed by atoms with van der Waals surface area (Å²) in [5, 5.41) is 9.71. The van der Waals surface area contributed by atoms with Crippen molar-refractivity contribution in [2.45, 2.75) is 12.1 Å². The number of amides is 1. The molecule has 23 heavy (non-hydrogen) atoms. The van der Waals surface area contributed by atoms with Gasteiger partial charge in [0, 0.05) is 35.9 Å². The number of hydrogen-bond donors (Lipinski definition) is 1. The van der Waals surface area contributed by atoms with E-state index >= 15 is 0 Å². The fourth-order valence-electron chi connectivity index (χ4n) is 2.68. The largest absolute Gasteiger partial charge is 0.393 e. The van der Waals surface area contributed by atoms with Crippen molar-refractivity contribution in [1.29, 1.82) is 0 Å². The van der Waals surface area contributed by atoms with Gasteiger partial charge >= 0.3 is 0 Å². The zero-order valence-electron chi connectivity index (χ0n) is 12.4. The molecular formula is C17H16ClFN2O2. The first-order chi connectivity index (χ1) is 11.0. The molecule has 0 bridgehead atoms. The van der Waals surface area contributed by atoms with E-state index in [2.05, 4.69) is 4.98 Å². The van der Waals surface area contributed by atoms with E-state index in [1.54, 1.807) is 24.4 Å². The lowest BCUT2D eigenvalue weighted by Crippen LogP contribution is -2.35. The van der Waals surface area contributed by atoms with Gasteiger partial charge in [0.05, 0.1) is 18.7 Å². The van der Waals surface area contributed by atoms with Crippen LogP contribution < -0.4 is 0 Å². The highest BCUT2D eigenvalue weighted by Crippen LogP contribution is 2.27. The van der Waals surface area contributed by atoms with E-state index in [4.69, 9.17) is 16.7 Å². The van der Waals surface area contributed by atoms with E-state index < -0.39 is 12.3 Å². The van der Waals surface area contributed by atoms with Crippen molar-refractivity contribution in [2.24, 2.45) is 0 Å². The molecule has 1 atom stereocenters. The molecule has 4 nitrogen and oxygen atoms in total. The first kappa shape index (κ1) is 15.9. The van der Waals surface area contributed by atoms with E-state index in [0.29, 0.717) is 17.1 Å². The zero-order valence-corrected chi connectivity index (χ0v) is 13.1. The number of rotatable bonds is 3. The third kappa shape index (κ3) is 3.35. The molecular weight excluding hydrogens is 319 g/mol. The van der Waals surface area contributed by atoms with Crippen molar-refractivity contribution in [3.05, 3.63) is 53.3 Å². The van der Waals surface area contributed by atoms with Gasteiger partial charge in [-0.1, -0.05) is 23.7 Å². The Morgan fingerprint density at radius 2 is 2.04 bits per heavy atom. The van der Waals surface area contributed by atoms with Crippen molar-refractivity contribution in [2.75, 3.05) is 19.7 Å². The molecule has 0 spiro atoms. The summed E-state index contributed by atoms with van der Waals surface area (Å²) in [5.74, 6) is -0.277. The van der Waals surface area contributed by atoms with E-state index in [-0.39, 0.29) is 18.9 Å². The zero-order chi connectivity index (χ0) is 16.4. The molecule has 6 heteroatoms. The van der Waals surface area contributed by atoms with Crippen LogP contribution in [-0.2, 0) is 0 Å². The molecule has 2 aromatic rings. The molecule has 1 amide bonds. The van der Waals surface area contributed by atoms with Gasteiger partial charge in [-0.2, -0.15) is 0 Å². The monoisotopic (exact) mass is 334 g/mol. The topological polar surface area (TPSA) is 53.4 Å². The standard InChI is InChI=1S/C17H16ClFN2O2/c18-15-3-1-12(2-4-15)13-7-14(9-20-8-13)16(23)21-6-5-17(19,10-21)11-22/h1-4,7-9,22H,5-6,10-11H2. The number of carbonyl (C=O) groups is 1. The van der Waals surface area contributed by atoms with E-state index in [1.165, 1.54) is 11.1 Å². The second kappa shape index (κ2) is 6.26. The van der Waals surface area contributed by atoms with Crippen LogP contribution in [0.2, 0.25) is 5.02 Å². The van der Waals surface area contributed by atoms with Crippen molar-refractivity contribution in [1.82, 2.24) is 9.88 Å². The summed E-state index contributed by atoms with van der Waals surface area (Å²) in [5.41, 5.74) is 0.393. The van der Waals surface area contributed by atoms with Crippen LogP contribution in [0.5, 0.6) is 0 Å². The number of hydrogen-bond acceptors (Lipinski definition) is 3. The summed E-state index contributed by atoms with van der Waals surface area (Å²) in [4.78, 5) is 18.0. The Morgan fingerprint density at radius 3 is 2.70 bits per heavy atom. The molecule has 1 unspecified atom stereocenters. The Bertz CT molecular complexity index is 723. The fourth-order valence-corrected chi connectivity index (χ4v) is 2.80. The predicted octanol–water partition coefficient (Wildman–Crippen LogP) is 2.95. The number of nitrogens with zero attached hydrogens (tertiary/aromatic N) is 2. The second-order valence-corrected chi connectivity index (χ2v) is 6.19. The Balaban J connectivity index is 1.82. The molecule has 1 aliphatic rings. The number of benzene rings is 1. The van der Waals surface area contributed by atoms with Crippen LogP contribution in [-0.4, -0.2) is 46.3 Å². The average molecular weight is 335 g/mol. The lowest BCUT2D eigenvalue weighted by Gasteiger charge is -2.19. The number of likely N-dealkylation sites (tertiary alicyclic amines) is 1. The molecule has 0 radical (unpaired) electrons. The number of aliphatic hydroxyl groups excluding tert-OH is 1. The third-order valence-electron chi connectivity index (χ3n) is 4.04. The Hall–Kier alpha value is -1.98. The number of alkyl halides is 1. The smallest absolute Gasteiger partial charge is 0.255 e. The van der Waals surface area contributed by atoms with Gasteiger partial charge in [-0.15, -0.1) is 0 Å². The van der Waals surface area contributed by atoms with Crippen molar-refractivity contribution in [3.8, 4) is 11.1 Å². The maximum atomic E-state index is 14.1. The van der Waals surface area contributed by atoms with E-state index in [1.807, 2.05) is 12.1 Å². The molecule has 1 aromatic heterocycles. The van der Waals surface area contributed by atoms with Crippen molar-refractivity contribution < 1.29 is 14.3 Å². The lowest BCUT2D eigenvalue weighted by atomic mass is 10.1. The van der Waals surface area contributed by atoms with Crippen LogP contribution in [0.1, 0.15) is 16.8 Å². The summed E-state index contributed by atoms with van der Waals surface area (Å²) in [6, 6.07) is 8.97. The van der Waals surface area contributed by atoms with Gasteiger partial charge in [0.25, 0.3) is 5.91 Å². The van der Waals surface area contributed by atoms with Crippen LogP contribution >= 0.6 is 11.6 Å². The number of halogens is 2. The molecule has 1 saturated heterocycles. The van der Waals surface area contributed by atoms with Gasteiger partial charge in [-0.3, -0.25) is 9.78 Å². The van der Waals surface area contributed by atoms with Crippen LogP contribution in [0.3, 0.4) is 0 Å². The Kier molecular flexibility index (Phi) is 4.33. The SMILES string of the molecule is O=C(c1cncc(-c2ccc(Cl)cc2)c1)N1CCC(F)(CO)C1. The number of aliphatic hydroxyl groups is 1. The predicted molar refractivity (Wildman–Crippen MR) is 86.1 cm³/mol. The van der Waals surface area contributed by atoms with Crippen LogP contribution in [0.4, 0.5) is 4.39 Å². The fraction of sp³-hybridized carbons (Fsp3) is 0.294.